The van der Waals surface area contributed by atoms with E-state index in [0.717, 1.165) is 82.4 Å². The first kappa shape index (κ1) is 37.7. The van der Waals surface area contributed by atoms with E-state index in [0.29, 0.717) is 12.4 Å². The molecule has 0 aliphatic rings. The van der Waals surface area contributed by atoms with Crippen molar-refractivity contribution in [1.29, 1.82) is 0 Å². The van der Waals surface area contributed by atoms with E-state index in [2.05, 4.69) is 20.8 Å². The molecule has 1 amide bonds. The maximum atomic E-state index is 13.0. The average molecular weight is 573 g/mol. The Balaban J connectivity index is 5.06. The van der Waals surface area contributed by atoms with Crippen molar-refractivity contribution in [1.82, 2.24) is 9.80 Å². The van der Waals surface area contributed by atoms with E-state index < -0.39 is 11.9 Å². The second-order valence-corrected chi connectivity index (χ2v) is 12.0. The summed E-state index contributed by atoms with van der Waals surface area (Å²) >= 11 is 1.13. The zero-order valence-corrected chi connectivity index (χ0v) is 27.0. The van der Waals surface area contributed by atoms with Crippen molar-refractivity contribution in [3.63, 3.8) is 0 Å². The summed E-state index contributed by atoms with van der Waals surface area (Å²) in [4.78, 5) is 41.9. The molecular formula is C31H60N2O5S. The van der Waals surface area contributed by atoms with Gasteiger partial charge in [0.25, 0.3) is 5.24 Å². The number of esters is 2. The monoisotopic (exact) mass is 572 g/mol. The number of thioether (sulfide) groups is 1. The quantitative estimate of drug-likeness (QED) is 0.0814. The standard InChI is InChI=1S/C31H60N2O5S/c1-7-10-13-16-19-22-28(21-18-15-12-9-3)38-30(35)25-33(31(36)39-26-27(4)32(5)6)24-29(34)37-23-20-17-14-11-8-2/h27-28H,7-26H2,1-6H3. The lowest BCUT2D eigenvalue weighted by Crippen LogP contribution is -2.40. The second kappa shape index (κ2) is 25.7. The Morgan fingerprint density at radius 2 is 1.18 bits per heavy atom. The molecule has 0 aromatic heterocycles. The molecule has 0 heterocycles. The minimum atomic E-state index is -0.472. The molecule has 0 fully saturated rings. The van der Waals surface area contributed by atoms with Crippen LogP contribution in [0, 0.1) is 0 Å². The molecule has 0 saturated carbocycles. The molecule has 7 nitrogen and oxygen atoms in total. The highest BCUT2D eigenvalue weighted by atomic mass is 32.2. The molecule has 0 aliphatic heterocycles. The maximum Gasteiger partial charge on any atom is 0.325 e. The number of hydrogen-bond donors (Lipinski definition) is 0. The van der Waals surface area contributed by atoms with Crippen molar-refractivity contribution in [2.45, 2.75) is 143 Å². The topological polar surface area (TPSA) is 76.1 Å². The first-order valence-electron chi connectivity index (χ1n) is 15.7. The van der Waals surface area contributed by atoms with Gasteiger partial charge in [0, 0.05) is 11.8 Å². The summed E-state index contributed by atoms with van der Waals surface area (Å²) in [5, 5.41) is -0.292. The van der Waals surface area contributed by atoms with E-state index in [-0.39, 0.29) is 30.5 Å². The fourth-order valence-corrected chi connectivity index (χ4v) is 5.12. The van der Waals surface area contributed by atoms with Gasteiger partial charge in [-0.05, 0) is 53.1 Å². The molecule has 0 radical (unpaired) electrons. The van der Waals surface area contributed by atoms with Crippen LogP contribution in [0.25, 0.3) is 0 Å². The van der Waals surface area contributed by atoms with E-state index in [1.54, 1.807) is 0 Å². The fraction of sp³-hybridized carbons (Fsp3) is 0.903. The molecule has 0 N–H and O–H groups in total. The van der Waals surface area contributed by atoms with Gasteiger partial charge in [0.15, 0.2) is 0 Å². The van der Waals surface area contributed by atoms with Gasteiger partial charge in [0.1, 0.15) is 19.2 Å². The number of hydrogen-bond acceptors (Lipinski definition) is 7. The van der Waals surface area contributed by atoms with Crippen molar-refractivity contribution >= 4 is 28.9 Å². The molecule has 0 aromatic carbocycles. The van der Waals surface area contributed by atoms with E-state index in [4.69, 9.17) is 9.47 Å². The Morgan fingerprint density at radius 1 is 0.692 bits per heavy atom. The minimum absolute atomic E-state index is 0.135. The molecule has 0 spiro atoms. The Labute approximate surface area is 244 Å². The molecule has 0 bridgehead atoms. The van der Waals surface area contributed by atoms with Gasteiger partial charge in [-0.1, -0.05) is 103 Å². The molecule has 0 rings (SSSR count). The third-order valence-electron chi connectivity index (χ3n) is 7.05. The minimum Gasteiger partial charge on any atom is -0.464 e. The zero-order valence-electron chi connectivity index (χ0n) is 26.1. The van der Waals surface area contributed by atoms with Crippen molar-refractivity contribution in [2.24, 2.45) is 0 Å². The van der Waals surface area contributed by atoms with E-state index in [1.807, 2.05) is 25.9 Å². The summed E-state index contributed by atoms with van der Waals surface area (Å²) in [6.07, 6.45) is 17.2. The van der Waals surface area contributed by atoms with Crippen LogP contribution in [0.1, 0.15) is 130 Å². The van der Waals surface area contributed by atoms with Crippen LogP contribution < -0.4 is 0 Å². The predicted molar refractivity (Wildman–Crippen MR) is 164 cm³/mol. The number of carbonyl (C=O) groups is 3. The molecule has 2 atom stereocenters. The van der Waals surface area contributed by atoms with E-state index >= 15 is 0 Å². The number of ether oxygens (including phenoxy) is 2. The largest absolute Gasteiger partial charge is 0.464 e. The number of rotatable bonds is 25. The van der Waals surface area contributed by atoms with Gasteiger partial charge in [-0.3, -0.25) is 14.4 Å². The zero-order chi connectivity index (χ0) is 29.3. The highest BCUT2D eigenvalue weighted by molar-refractivity contribution is 8.13. The third-order valence-corrected chi connectivity index (χ3v) is 8.20. The molecule has 39 heavy (non-hydrogen) atoms. The van der Waals surface area contributed by atoms with Crippen molar-refractivity contribution in [3.05, 3.63) is 0 Å². The molecule has 230 valence electrons. The Bertz CT molecular complexity index is 632. The first-order chi connectivity index (χ1) is 18.7. The summed E-state index contributed by atoms with van der Waals surface area (Å²) in [6, 6.07) is 0.183. The van der Waals surface area contributed by atoms with Gasteiger partial charge in [0.2, 0.25) is 0 Å². The van der Waals surface area contributed by atoms with Crippen LogP contribution in [-0.2, 0) is 19.1 Å². The first-order valence-corrected chi connectivity index (χ1v) is 16.7. The van der Waals surface area contributed by atoms with Crippen molar-refractivity contribution < 1.29 is 23.9 Å². The van der Waals surface area contributed by atoms with Crippen molar-refractivity contribution in [3.8, 4) is 0 Å². The van der Waals surface area contributed by atoms with Gasteiger partial charge in [0.05, 0.1) is 6.61 Å². The highest BCUT2D eigenvalue weighted by Crippen LogP contribution is 2.18. The lowest BCUT2D eigenvalue weighted by Gasteiger charge is -2.24. The summed E-state index contributed by atoms with van der Waals surface area (Å²) < 4.78 is 11.3. The van der Waals surface area contributed by atoms with Gasteiger partial charge in [-0.2, -0.15) is 0 Å². The van der Waals surface area contributed by atoms with Gasteiger partial charge < -0.3 is 19.3 Å². The molecular weight excluding hydrogens is 512 g/mol. The average Bonchev–Trinajstić information content (AvgIpc) is 2.90. The Morgan fingerprint density at radius 3 is 1.72 bits per heavy atom. The normalized spacial score (nSPS) is 12.8. The summed E-state index contributed by atoms with van der Waals surface area (Å²) in [5.41, 5.74) is 0. The molecule has 0 saturated heterocycles. The third kappa shape index (κ3) is 22.1. The van der Waals surface area contributed by atoms with Crippen molar-refractivity contribution in [2.75, 3.05) is 39.5 Å². The SMILES string of the molecule is CCCCCCCOC(=O)CN(CC(=O)OC(CCCCCC)CCCCCCC)C(=O)SCC(C)N(C)C. The molecule has 2 unspecified atom stereocenters. The number of amides is 1. The summed E-state index contributed by atoms with van der Waals surface area (Å²) in [6.45, 7) is 8.47. The summed E-state index contributed by atoms with van der Waals surface area (Å²) in [5.74, 6) is -0.340. The van der Waals surface area contributed by atoms with Crippen LogP contribution in [0.15, 0.2) is 0 Å². The summed E-state index contributed by atoms with van der Waals surface area (Å²) in [7, 11) is 3.93. The van der Waals surface area contributed by atoms with Crippen LogP contribution >= 0.6 is 11.8 Å². The number of nitrogens with zero attached hydrogens (tertiary/aromatic N) is 2. The van der Waals surface area contributed by atoms with Crippen LogP contribution in [0.5, 0.6) is 0 Å². The Hall–Kier alpha value is -1.28. The van der Waals surface area contributed by atoms with Gasteiger partial charge >= 0.3 is 11.9 Å². The van der Waals surface area contributed by atoms with E-state index in [1.165, 1.54) is 37.0 Å². The lowest BCUT2D eigenvalue weighted by molar-refractivity contribution is -0.151. The van der Waals surface area contributed by atoms with Crippen LogP contribution in [0.2, 0.25) is 0 Å². The smallest absolute Gasteiger partial charge is 0.325 e. The molecule has 0 aromatic rings. The second-order valence-electron chi connectivity index (χ2n) is 11.0. The highest BCUT2D eigenvalue weighted by Gasteiger charge is 2.25. The maximum absolute atomic E-state index is 13.0. The van der Waals surface area contributed by atoms with Crippen LogP contribution in [-0.4, -0.2) is 78.7 Å². The van der Waals surface area contributed by atoms with Crippen LogP contribution in [0.3, 0.4) is 0 Å². The fourth-order valence-electron chi connectivity index (χ4n) is 4.13. The predicted octanol–water partition coefficient (Wildman–Crippen LogP) is 7.85. The number of carbonyl (C=O) groups excluding carboxylic acids is 3. The van der Waals surface area contributed by atoms with Crippen LogP contribution in [0.4, 0.5) is 4.79 Å². The number of unbranched alkanes of at least 4 members (excludes halogenated alkanes) is 11. The molecule has 8 heteroatoms. The van der Waals surface area contributed by atoms with Gasteiger partial charge in [-0.25, -0.2) is 0 Å². The molecule has 0 aliphatic carbocycles. The van der Waals surface area contributed by atoms with Gasteiger partial charge in [-0.15, -0.1) is 0 Å². The Kier molecular flexibility index (Phi) is 24.8. The lowest BCUT2D eigenvalue weighted by atomic mass is 10.0. The van der Waals surface area contributed by atoms with E-state index in [9.17, 15) is 14.4 Å².